The molecule has 0 aromatic heterocycles. The summed E-state index contributed by atoms with van der Waals surface area (Å²) in [6.45, 7) is 4.53. The minimum atomic E-state index is -0.937. The molecule has 2 N–H and O–H groups in total. The highest BCUT2D eigenvalue weighted by atomic mass is 16.4. The number of carbonyl (C=O) groups is 2. The van der Waals surface area contributed by atoms with Gasteiger partial charge in [0.25, 0.3) is 0 Å². The smallest absolute Gasteiger partial charge is 0.335 e. The molecule has 0 heterocycles. The van der Waals surface area contributed by atoms with Crippen LogP contribution >= 0.6 is 0 Å². The molecule has 1 amide bonds. The van der Waals surface area contributed by atoms with Crippen LogP contribution < -0.4 is 5.32 Å². The van der Waals surface area contributed by atoms with E-state index in [2.05, 4.69) is 19.2 Å². The Morgan fingerprint density at radius 2 is 1.83 bits per heavy atom. The summed E-state index contributed by atoms with van der Waals surface area (Å²) in [5.41, 5.74) is 1.01. The highest BCUT2D eigenvalue weighted by Gasteiger charge is 2.24. The number of aryl methyl sites for hydroxylation is 1. The minimum Gasteiger partial charge on any atom is -0.478 e. The number of carboxylic acid groups (broad SMARTS) is 1. The Morgan fingerprint density at radius 3 is 2.43 bits per heavy atom. The molecular formula is C19H27NO3. The first-order valence-electron chi connectivity index (χ1n) is 8.58. The summed E-state index contributed by atoms with van der Waals surface area (Å²) < 4.78 is 0. The van der Waals surface area contributed by atoms with E-state index in [1.54, 1.807) is 18.2 Å². The Hall–Kier alpha value is -1.84. The molecule has 0 bridgehead atoms. The predicted molar refractivity (Wildman–Crippen MR) is 90.4 cm³/mol. The number of hydrogen-bond donors (Lipinski definition) is 2. The third-order valence-corrected chi connectivity index (χ3v) is 4.95. The van der Waals surface area contributed by atoms with Crippen molar-refractivity contribution in [1.29, 1.82) is 0 Å². The van der Waals surface area contributed by atoms with Gasteiger partial charge in [-0.25, -0.2) is 4.79 Å². The number of rotatable bonds is 6. The van der Waals surface area contributed by atoms with E-state index in [0.29, 0.717) is 12.8 Å². The molecule has 0 spiro atoms. The number of nitrogens with one attached hydrogen (secondary N) is 1. The monoisotopic (exact) mass is 317 g/mol. The number of carboxylic acids is 1. The maximum atomic E-state index is 12.1. The molecule has 0 saturated heterocycles. The molecule has 1 aromatic carbocycles. The number of aromatic carboxylic acids is 1. The van der Waals surface area contributed by atoms with Crippen LogP contribution in [0.4, 0.5) is 0 Å². The molecule has 1 aliphatic carbocycles. The van der Waals surface area contributed by atoms with Gasteiger partial charge in [0, 0.05) is 12.5 Å². The van der Waals surface area contributed by atoms with E-state index in [-0.39, 0.29) is 17.5 Å². The summed E-state index contributed by atoms with van der Waals surface area (Å²) in [6, 6.07) is 7.17. The Labute approximate surface area is 138 Å². The minimum absolute atomic E-state index is 0.0261. The molecule has 1 saturated carbocycles. The van der Waals surface area contributed by atoms with Crippen molar-refractivity contribution < 1.29 is 14.7 Å². The summed E-state index contributed by atoms with van der Waals surface area (Å²) in [4.78, 5) is 23.3. The first-order chi connectivity index (χ1) is 11.0. The molecule has 1 aromatic rings. The molecule has 0 aliphatic heterocycles. The fraction of sp³-hybridized carbons (Fsp3) is 0.579. The first kappa shape index (κ1) is 17.5. The molecule has 4 nitrogen and oxygen atoms in total. The van der Waals surface area contributed by atoms with Crippen LogP contribution in [-0.2, 0) is 11.2 Å². The first-order valence-corrected chi connectivity index (χ1v) is 8.58. The lowest BCUT2D eigenvalue weighted by Gasteiger charge is -2.31. The summed E-state index contributed by atoms with van der Waals surface area (Å²) in [6.07, 6.45) is 5.29. The van der Waals surface area contributed by atoms with Gasteiger partial charge in [0.15, 0.2) is 0 Å². The van der Waals surface area contributed by atoms with E-state index in [4.69, 9.17) is 5.11 Å². The zero-order valence-electron chi connectivity index (χ0n) is 14.0. The van der Waals surface area contributed by atoms with Crippen molar-refractivity contribution in [1.82, 2.24) is 5.32 Å². The molecule has 126 valence electrons. The van der Waals surface area contributed by atoms with Gasteiger partial charge in [-0.3, -0.25) is 4.79 Å². The van der Waals surface area contributed by atoms with Crippen LogP contribution in [0, 0.1) is 11.8 Å². The third kappa shape index (κ3) is 5.08. The van der Waals surface area contributed by atoms with Gasteiger partial charge >= 0.3 is 5.97 Å². The van der Waals surface area contributed by atoms with Gasteiger partial charge in [0.1, 0.15) is 0 Å². The number of amides is 1. The highest BCUT2D eigenvalue weighted by Crippen LogP contribution is 2.29. The highest BCUT2D eigenvalue weighted by molar-refractivity contribution is 5.89. The van der Waals surface area contributed by atoms with E-state index in [1.807, 2.05) is 6.07 Å². The predicted octanol–water partition coefficient (Wildman–Crippen LogP) is 3.65. The lowest BCUT2D eigenvalue weighted by molar-refractivity contribution is -0.122. The van der Waals surface area contributed by atoms with Crippen molar-refractivity contribution in [3.63, 3.8) is 0 Å². The van der Waals surface area contributed by atoms with Crippen molar-refractivity contribution in [3.05, 3.63) is 35.4 Å². The molecule has 0 radical (unpaired) electrons. The number of carbonyl (C=O) groups excluding carboxylic acids is 1. The third-order valence-electron chi connectivity index (χ3n) is 4.95. The molecule has 4 heteroatoms. The summed E-state index contributed by atoms with van der Waals surface area (Å²) in [7, 11) is 0. The average molecular weight is 317 g/mol. The van der Waals surface area contributed by atoms with Crippen molar-refractivity contribution in [3.8, 4) is 0 Å². The van der Waals surface area contributed by atoms with Gasteiger partial charge < -0.3 is 10.4 Å². The Kier molecular flexibility index (Phi) is 6.20. The van der Waals surface area contributed by atoms with Crippen molar-refractivity contribution in [2.75, 3.05) is 0 Å². The zero-order valence-corrected chi connectivity index (χ0v) is 14.0. The van der Waals surface area contributed by atoms with Crippen molar-refractivity contribution in [2.24, 2.45) is 11.8 Å². The summed E-state index contributed by atoms with van der Waals surface area (Å²) >= 11 is 0. The number of hydrogen-bond acceptors (Lipinski definition) is 2. The fourth-order valence-electron chi connectivity index (χ4n) is 3.43. The summed E-state index contributed by atoms with van der Waals surface area (Å²) in [5.74, 6) is 0.593. The lowest BCUT2D eigenvalue weighted by Crippen LogP contribution is -2.38. The second-order valence-corrected chi connectivity index (χ2v) is 6.89. The fourth-order valence-corrected chi connectivity index (χ4v) is 3.43. The van der Waals surface area contributed by atoms with Crippen molar-refractivity contribution >= 4 is 11.9 Å². The van der Waals surface area contributed by atoms with Crippen LogP contribution in [0.2, 0.25) is 0 Å². The van der Waals surface area contributed by atoms with Crippen LogP contribution in [0.1, 0.15) is 61.9 Å². The van der Waals surface area contributed by atoms with Gasteiger partial charge in [-0.05, 0) is 55.6 Å². The number of benzene rings is 1. The van der Waals surface area contributed by atoms with Crippen LogP contribution in [0.5, 0.6) is 0 Å². The largest absolute Gasteiger partial charge is 0.478 e. The van der Waals surface area contributed by atoms with Crippen LogP contribution in [0.3, 0.4) is 0 Å². The van der Waals surface area contributed by atoms with Crippen LogP contribution in [-0.4, -0.2) is 23.0 Å². The maximum Gasteiger partial charge on any atom is 0.335 e. The van der Waals surface area contributed by atoms with Crippen LogP contribution in [0.15, 0.2) is 24.3 Å². The Morgan fingerprint density at radius 1 is 1.17 bits per heavy atom. The second kappa shape index (κ2) is 8.14. The maximum absolute atomic E-state index is 12.1. The van der Waals surface area contributed by atoms with E-state index >= 15 is 0 Å². The van der Waals surface area contributed by atoms with E-state index in [0.717, 1.165) is 30.2 Å². The average Bonchev–Trinajstić information content (AvgIpc) is 2.53. The second-order valence-electron chi connectivity index (χ2n) is 6.89. The molecule has 1 fully saturated rings. The summed E-state index contributed by atoms with van der Waals surface area (Å²) in [5, 5.41) is 12.3. The SMILES string of the molecule is CC(C)C1CCC(NC(=O)CCc2ccccc2C(=O)O)CC1. The Bertz CT molecular complexity index is 545. The van der Waals surface area contributed by atoms with E-state index in [1.165, 1.54) is 12.8 Å². The molecule has 0 unspecified atom stereocenters. The molecular weight excluding hydrogens is 290 g/mol. The van der Waals surface area contributed by atoms with Gasteiger partial charge in [0.05, 0.1) is 5.56 Å². The molecule has 23 heavy (non-hydrogen) atoms. The lowest BCUT2D eigenvalue weighted by atomic mass is 9.79. The van der Waals surface area contributed by atoms with Crippen LogP contribution in [0.25, 0.3) is 0 Å². The normalized spacial score (nSPS) is 21.2. The van der Waals surface area contributed by atoms with E-state index in [9.17, 15) is 9.59 Å². The Balaban J connectivity index is 1.79. The molecule has 2 rings (SSSR count). The van der Waals surface area contributed by atoms with Gasteiger partial charge in [-0.2, -0.15) is 0 Å². The quantitative estimate of drug-likeness (QED) is 0.841. The zero-order chi connectivity index (χ0) is 16.8. The molecule has 1 aliphatic rings. The molecule has 0 atom stereocenters. The van der Waals surface area contributed by atoms with Gasteiger partial charge in [0.2, 0.25) is 5.91 Å². The van der Waals surface area contributed by atoms with Crippen molar-refractivity contribution in [2.45, 2.75) is 58.4 Å². The van der Waals surface area contributed by atoms with Gasteiger partial charge in [-0.15, -0.1) is 0 Å². The standard InChI is InChI=1S/C19H27NO3/c1-13(2)14-7-10-16(11-8-14)20-18(21)12-9-15-5-3-4-6-17(15)19(22)23/h3-6,13-14,16H,7-12H2,1-2H3,(H,20,21)(H,22,23). The van der Waals surface area contributed by atoms with E-state index < -0.39 is 5.97 Å². The topological polar surface area (TPSA) is 66.4 Å². The van der Waals surface area contributed by atoms with Gasteiger partial charge in [-0.1, -0.05) is 32.0 Å².